The topological polar surface area (TPSA) is 272 Å². The molecule has 410 valence electrons. The minimum absolute atomic E-state index is 0.0340. The van der Waals surface area contributed by atoms with Gasteiger partial charge in [-0.1, -0.05) is 57.5 Å². The van der Waals surface area contributed by atoms with E-state index in [9.17, 15) is 38.3 Å². The van der Waals surface area contributed by atoms with Crippen LogP contribution in [0, 0.1) is 17.0 Å². The summed E-state index contributed by atoms with van der Waals surface area (Å²) in [6.07, 6.45) is 4.66. The number of benzene rings is 2. The number of aliphatic hydroxyl groups is 1. The maximum absolute atomic E-state index is 15.1. The molecule has 3 aromatic rings. The first kappa shape index (κ1) is 61.1. The molecule has 0 radical (unpaired) electrons. The number of ether oxygens (including phenoxy) is 4. The number of nitrogens with zero attached hydrogens (tertiary/aromatic N) is 4. The van der Waals surface area contributed by atoms with Gasteiger partial charge in [-0.05, 0) is 55.0 Å². The standard InChI is InChI=1S/C51H75F2N9O11S/c1-51(2,3)47(48-59-41(38-30-37(52)12-13-39(38)53)33-60(48)32-36-10-6-4-7-11-36)61(46(67)35-63)20-14-40(55)49(68)58-19-18-57-44(65)34-62-45(66)31-42(50(62)69)74-29-28-73-27-26-72-25-24-71-23-22-70-21-15-43(64)56-17-9-5-8-16-54/h4,6-7,10-13,30,33,40,42,47,63H,5,8-9,14-29,31-32,34-35,54-55H2,1-3H3,(H,56,64)(H,57,65)(H,58,68)/t40-,42?,47-/m0/s1. The first-order valence-electron chi connectivity index (χ1n) is 25.0. The number of unbranched alkanes of at least 4 members (excludes halogenated alkanes) is 2. The van der Waals surface area contributed by atoms with Crippen molar-refractivity contribution in [3.8, 4) is 11.3 Å². The number of imidazole rings is 1. The number of likely N-dealkylation sites (tertiary alicyclic amines) is 1. The number of carbonyl (C=O) groups is 6. The molecule has 0 bridgehead atoms. The van der Waals surface area contributed by atoms with Crippen molar-refractivity contribution in [2.24, 2.45) is 16.9 Å². The van der Waals surface area contributed by atoms with E-state index in [0.717, 1.165) is 47.9 Å². The summed E-state index contributed by atoms with van der Waals surface area (Å²) in [5.74, 6) is -3.39. The number of halogens is 2. The van der Waals surface area contributed by atoms with Crippen molar-refractivity contribution < 1.29 is 61.6 Å². The van der Waals surface area contributed by atoms with Gasteiger partial charge in [0, 0.05) is 63.1 Å². The van der Waals surface area contributed by atoms with E-state index in [1.807, 2.05) is 51.1 Å². The number of nitrogens with two attached hydrogens (primary N) is 2. The molecule has 1 aromatic heterocycles. The Hall–Kier alpha value is -5.40. The van der Waals surface area contributed by atoms with Gasteiger partial charge in [-0.15, -0.1) is 11.8 Å². The highest BCUT2D eigenvalue weighted by atomic mass is 32.2. The zero-order valence-corrected chi connectivity index (χ0v) is 43.6. The molecule has 23 heteroatoms. The molecule has 2 aromatic carbocycles. The number of thioether (sulfide) groups is 1. The minimum atomic E-state index is -1.13. The minimum Gasteiger partial charge on any atom is -0.387 e. The third-order valence-corrected chi connectivity index (χ3v) is 12.8. The van der Waals surface area contributed by atoms with Crippen LogP contribution >= 0.6 is 11.8 Å². The van der Waals surface area contributed by atoms with E-state index < -0.39 is 77.1 Å². The van der Waals surface area contributed by atoms with Gasteiger partial charge in [-0.2, -0.15) is 0 Å². The Morgan fingerprint density at radius 1 is 0.865 bits per heavy atom. The van der Waals surface area contributed by atoms with Crippen LogP contribution in [0.3, 0.4) is 0 Å². The van der Waals surface area contributed by atoms with Crippen LogP contribution in [0.15, 0.2) is 54.7 Å². The molecule has 2 heterocycles. The zero-order valence-electron chi connectivity index (χ0n) is 42.8. The molecule has 1 aliphatic heterocycles. The predicted octanol–water partition coefficient (Wildman–Crippen LogP) is 2.30. The number of imide groups is 1. The highest BCUT2D eigenvalue weighted by Gasteiger charge is 2.40. The van der Waals surface area contributed by atoms with Gasteiger partial charge in [0.2, 0.25) is 35.4 Å². The number of rotatable bonds is 36. The Labute approximate surface area is 436 Å². The van der Waals surface area contributed by atoms with Crippen LogP contribution in [-0.2, 0) is 54.3 Å². The van der Waals surface area contributed by atoms with Crippen molar-refractivity contribution >= 4 is 47.2 Å². The summed E-state index contributed by atoms with van der Waals surface area (Å²) in [4.78, 5) is 83.9. The van der Waals surface area contributed by atoms with E-state index in [0.29, 0.717) is 83.9 Å². The van der Waals surface area contributed by atoms with Gasteiger partial charge in [-0.25, -0.2) is 13.8 Å². The Balaban J connectivity index is 1.13. The summed E-state index contributed by atoms with van der Waals surface area (Å²) in [7, 11) is 0. The summed E-state index contributed by atoms with van der Waals surface area (Å²) in [5, 5.41) is 17.6. The Morgan fingerprint density at radius 2 is 1.51 bits per heavy atom. The van der Waals surface area contributed by atoms with Crippen LogP contribution in [-0.4, -0.2) is 176 Å². The lowest BCUT2D eigenvalue weighted by Crippen LogP contribution is -2.48. The van der Waals surface area contributed by atoms with E-state index in [1.165, 1.54) is 16.7 Å². The number of aromatic nitrogens is 2. The van der Waals surface area contributed by atoms with Crippen molar-refractivity contribution in [3.63, 3.8) is 0 Å². The highest BCUT2D eigenvalue weighted by Crippen LogP contribution is 2.39. The first-order valence-corrected chi connectivity index (χ1v) is 26.1. The van der Waals surface area contributed by atoms with Crippen molar-refractivity contribution in [3.05, 3.63) is 77.8 Å². The Kier molecular flexibility index (Phi) is 27.1. The lowest BCUT2D eigenvalue weighted by atomic mass is 9.84. The molecule has 1 aliphatic rings. The van der Waals surface area contributed by atoms with Crippen LogP contribution in [0.2, 0.25) is 0 Å². The van der Waals surface area contributed by atoms with Crippen molar-refractivity contribution in [2.75, 3.05) is 104 Å². The molecule has 8 N–H and O–H groups in total. The quantitative estimate of drug-likeness (QED) is 0.0360. The van der Waals surface area contributed by atoms with Crippen molar-refractivity contribution in [2.45, 2.75) is 83.2 Å². The largest absolute Gasteiger partial charge is 0.387 e. The van der Waals surface area contributed by atoms with E-state index in [2.05, 4.69) is 16.0 Å². The van der Waals surface area contributed by atoms with Crippen LogP contribution in [0.1, 0.15) is 76.7 Å². The summed E-state index contributed by atoms with van der Waals surface area (Å²) >= 11 is 1.27. The van der Waals surface area contributed by atoms with E-state index >= 15 is 4.39 Å². The molecule has 1 fully saturated rings. The average molecular weight is 1060 g/mol. The number of nitrogens with one attached hydrogen (secondary N) is 3. The molecule has 4 rings (SSSR count). The molecule has 1 saturated heterocycles. The average Bonchev–Trinajstić information content (AvgIpc) is 3.89. The molecule has 0 aliphatic carbocycles. The van der Waals surface area contributed by atoms with E-state index in [-0.39, 0.29) is 56.2 Å². The van der Waals surface area contributed by atoms with Crippen molar-refractivity contribution in [1.29, 1.82) is 0 Å². The van der Waals surface area contributed by atoms with Gasteiger partial charge in [-0.3, -0.25) is 33.7 Å². The summed E-state index contributed by atoms with van der Waals surface area (Å²) < 4.78 is 53.2. The van der Waals surface area contributed by atoms with Gasteiger partial charge in [0.05, 0.1) is 75.9 Å². The van der Waals surface area contributed by atoms with Gasteiger partial charge < -0.3 is 60.9 Å². The number of amides is 6. The fraction of sp³-hybridized carbons (Fsp3) is 0.588. The molecule has 0 spiro atoms. The third-order valence-electron chi connectivity index (χ3n) is 11.6. The van der Waals surface area contributed by atoms with Gasteiger partial charge in [0.15, 0.2) is 0 Å². The SMILES string of the molecule is CC(C)(C)[C@H](c1nc(-c2cc(F)ccc2F)cn1Cc1ccccc1)N(CC[C@H](N)C(=O)NCCNC(=O)CN1C(=O)CC(SCCOCCOCCOCCOCCC(=O)NCCCCCN)C1=O)C(=O)CO. The number of hydrogen-bond donors (Lipinski definition) is 6. The number of carbonyl (C=O) groups excluding carboxylic acids is 6. The first-order chi connectivity index (χ1) is 35.5. The van der Waals surface area contributed by atoms with Crippen LogP contribution < -0.4 is 27.4 Å². The van der Waals surface area contributed by atoms with Crippen LogP contribution in [0.5, 0.6) is 0 Å². The lowest BCUT2D eigenvalue weighted by molar-refractivity contribution is -0.142. The molecule has 0 saturated carbocycles. The normalized spacial score (nSPS) is 14.5. The van der Waals surface area contributed by atoms with Gasteiger partial charge in [0.1, 0.15) is 30.6 Å². The maximum atomic E-state index is 15.1. The fourth-order valence-electron chi connectivity index (χ4n) is 7.88. The Morgan fingerprint density at radius 3 is 2.18 bits per heavy atom. The monoisotopic (exact) mass is 1060 g/mol. The smallest absolute Gasteiger partial charge is 0.248 e. The zero-order chi connectivity index (χ0) is 53.9. The molecule has 6 amide bonds. The number of aliphatic hydroxyl groups excluding tert-OH is 1. The summed E-state index contributed by atoms with van der Waals surface area (Å²) in [6.45, 7) is 8.47. The van der Waals surface area contributed by atoms with Crippen LogP contribution in [0.4, 0.5) is 8.78 Å². The van der Waals surface area contributed by atoms with Gasteiger partial charge >= 0.3 is 0 Å². The van der Waals surface area contributed by atoms with Gasteiger partial charge in [0.25, 0.3) is 0 Å². The molecular formula is C51H75F2N9O11S. The second-order valence-corrected chi connectivity index (χ2v) is 19.9. The molecular weight excluding hydrogens is 985 g/mol. The fourth-order valence-corrected chi connectivity index (χ4v) is 8.91. The number of hydrogen-bond acceptors (Lipinski definition) is 15. The highest BCUT2D eigenvalue weighted by molar-refractivity contribution is 8.00. The van der Waals surface area contributed by atoms with Crippen LogP contribution in [0.25, 0.3) is 11.3 Å². The third kappa shape index (κ3) is 21.1. The molecule has 3 atom stereocenters. The summed E-state index contributed by atoms with van der Waals surface area (Å²) in [5.41, 5.74) is 12.0. The molecule has 1 unspecified atom stereocenters. The van der Waals surface area contributed by atoms with E-state index in [1.54, 1.807) is 10.8 Å². The molecule has 20 nitrogen and oxygen atoms in total. The summed E-state index contributed by atoms with van der Waals surface area (Å²) in [6, 6.07) is 10.5. The second-order valence-electron chi connectivity index (χ2n) is 18.6. The van der Waals surface area contributed by atoms with E-state index in [4.69, 9.17) is 35.4 Å². The van der Waals surface area contributed by atoms with Crippen molar-refractivity contribution in [1.82, 2.24) is 35.3 Å². The lowest BCUT2D eigenvalue weighted by Gasteiger charge is -2.40. The molecule has 74 heavy (non-hydrogen) atoms. The second kappa shape index (κ2) is 32.8. The Bertz CT molecular complexity index is 2240. The predicted molar refractivity (Wildman–Crippen MR) is 274 cm³/mol. The maximum Gasteiger partial charge on any atom is 0.248 e.